The van der Waals surface area contributed by atoms with Crippen molar-refractivity contribution in [2.45, 2.75) is 91.1 Å². The molecular formula is C27H50N4O2. The Bertz CT molecular complexity index is 630. The molecule has 0 aromatic rings. The van der Waals surface area contributed by atoms with Crippen LogP contribution in [0.5, 0.6) is 0 Å². The largest absolute Gasteiger partial charge is 0.341 e. The summed E-state index contributed by atoms with van der Waals surface area (Å²) in [5, 5.41) is 3.39. The molecule has 3 rings (SSSR count). The van der Waals surface area contributed by atoms with Crippen molar-refractivity contribution < 1.29 is 9.59 Å². The van der Waals surface area contributed by atoms with Crippen LogP contribution in [0.2, 0.25) is 0 Å². The van der Waals surface area contributed by atoms with Gasteiger partial charge in [0.25, 0.3) is 0 Å². The van der Waals surface area contributed by atoms with Crippen LogP contribution in [0.25, 0.3) is 0 Å². The molecule has 0 spiro atoms. The van der Waals surface area contributed by atoms with Gasteiger partial charge in [-0.1, -0.05) is 34.1 Å². The third-order valence-electron chi connectivity index (χ3n) is 8.02. The third-order valence-corrected chi connectivity index (χ3v) is 8.02. The predicted molar refractivity (Wildman–Crippen MR) is 135 cm³/mol. The van der Waals surface area contributed by atoms with Gasteiger partial charge in [-0.3, -0.25) is 9.59 Å². The number of amides is 2. The summed E-state index contributed by atoms with van der Waals surface area (Å²) in [5.41, 5.74) is 0. The van der Waals surface area contributed by atoms with E-state index in [0.717, 1.165) is 57.2 Å². The van der Waals surface area contributed by atoms with Gasteiger partial charge in [0.05, 0.1) is 6.04 Å². The van der Waals surface area contributed by atoms with Crippen molar-refractivity contribution in [1.29, 1.82) is 0 Å². The van der Waals surface area contributed by atoms with E-state index >= 15 is 0 Å². The van der Waals surface area contributed by atoms with Gasteiger partial charge in [0, 0.05) is 32.7 Å². The number of hydrogen-bond donors (Lipinski definition) is 1. The Labute approximate surface area is 202 Å². The molecule has 0 radical (unpaired) electrons. The Morgan fingerprint density at radius 2 is 1.67 bits per heavy atom. The third kappa shape index (κ3) is 7.68. The molecule has 3 atom stereocenters. The first-order valence-corrected chi connectivity index (χ1v) is 13.8. The van der Waals surface area contributed by atoms with E-state index in [1.165, 1.54) is 38.8 Å². The molecule has 2 amide bonds. The smallest absolute Gasteiger partial charge is 0.245 e. The average molecular weight is 463 g/mol. The number of rotatable bonds is 9. The maximum absolute atomic E-state index is 13.7. The Kier molecular flexibility index (Phi) is 10.0. The Balaban J connectivity index is 1.54. The first kappa shape index (κ1) is 26.5. The second kappa shape index (κ2) is 12.5. The van der Waals surface area contributed by atoms with Gasteiger partial charge in [-0.25, -0.2) is 0 Å². The van der Waals surface area contributed by atoms with Gasteiger partial charge < -0.3 is 20.0 Å². The zero-order valence-corrected chi connectivity index (χ0v) is 22.0. The molecule has 3 aliphatic rings. The van der Waals surface area contributed by atoms with Crippen molar-refractivity contribution >= 4 is 11.8 Å². The summed E-state index contributed by atoms with van der Waals surface area (Å²) in [6, 6.07) is -0.450. The summed E-state index contributed by atoms with van der Waals surface area (Å²) < 4.78 is 0. The first-order chi connectivity index (χ1) is 15.7. The van der Waals surface area contributed by atoms with E-state index in [4.69, 9.17) is 0 Å². The number of likely N-dealkylation sites (tertiary alicyclic amines) is 2. The number of piperidine rings is 2. The molecule has 0 aromatic carbocycles. The second-order valence-corrected chi connectivity index (χ2v) is 11.9. The molecule has 0 saturated carbocycles. The molecule has 1 N–H and O–H groups in total. The van der Waals surface area contributed by atoms with E-state index in [-0.39, 0.29) is 23.9 Å². The van der Waals surface area contributed by atoms with Crippen molar-refractivity contribution in [2.24, 2.45) is 23.7 Å². The van der Waals surface area contributed by atoms with Crippen molar-refractivity contribution in [1.82, 2.24) is 20.0 Å². The summed E-state index contributed by atoms with van der Waals surface area (Å²) in [6.07, 6.45) is 9.20. The molecule has 0 aromatic heterocycles. The van der Waals surface area contributed by atoms with Crippen LogP contribution in [0.15, 0.2) is 0 Å². The lowest BCUT2D eigenvalue weighted by atomic mass is 9.85. The molecule has 33 heavy (non-hydrogen) atoms. The fourth-order valence-electron chi connectivity index (χ4n) is 6.16. The van der Waals surface area contributed by atoms with Gasteiger partial charge in [0.2, 0.25) is 11.8 Å². The molecule has 6 nitrogen and oxygen atoms in total. The van der Waals surface area contributed by atoms with Gasteiger partial charge >= 0.3 is 0 Å². The molecule has 1 unspecified atom stereocenters. The van der Waals surface area contributed by atoms with Crippen LogP contribution < -0.4 is 5.32 Å². The minimum absolute atomic E-state index is 0.126. The van der Waals surface area contributed by atoms with Crippen molar-refractivity contribution in [3.05, 3.63) is 0 Å². The average Bonchev–Trinajstić information content (AvgIpc) is 2.77. The summed E-state index contributed by atoms with van der Waals surface area (Å²) in [5.74, 6) is 2.77. The SMILES string of the molecule is CC(C)C[C@@H]1NCCN([C@@H](CC(C)C)C(=O)N2CCC(CCC3CCCN(C)C3)CC2)C1=O. The zero-order valence-electron chi connectivity index (χ0n) is 22.0. The van der Waals surface area contributed by atoms with Gasteiger partial charge in [0.15, 0.2) is 0 Å². The minimum atomic E-state index is -0.302. The van der Waals surface area contributed by atoms with E-state index in [1.54, 1.807) is 0 Å². The van der Waals surface area contributed by atoms with E-state index in [1.807, 2.05) is 4.90 Å². The Morgan fingerprint density at radius 3 is 2.30 bits per heavy atom. The van der Waals surface area contributed by atoms with Gasteiger partial charge in [-0.2, -0.15) is 0 Å². The maximum atomic E-state index is 13.7. The number of piperazine rings is 1. The molecule has 0 bridgehead atoms. The number of carbonyl (C=O) groups is 2. The fourth-order valence-corrected chi connectivity index (χ4v) is 6.16. The van der Waals surface area contributed by atoms with E-state index in [2.05, 4.69) is 49.9 Å². The van der Waals surface area contributed by atoms with E-state index < -0.39 is 0 Å². The first-order valence-electron chi connectivity index (χ1n) is 13.8. The minimum Gasteiger partial charge on any atom is -0.341 e. The lowest BCUT2D eigenvalue weighted by molar-refractivity contribution is -0.150. The van der Waals surface area contributed by atoms with E-state index in [9.17, 15) is 9.59 Å². The van der Waals surface area contributed by atoms with E-state index in [0.29, 0.717) is 18.4 Å². The van der Waals surface area contributed by atoms with Crippen molar-refractivity contribution in [2.75, 3.05) is 46.3 Å². The van der Waals surface area contributed by atoms with Crippen LogP contribution in [0.1, 0.15) is 79.1 Å². The Hall–Kier alpha value is -1.14. The highest BCUT2D eigenvalue weighted by molar-refractivity contribution is 5.90. The van der Waals surface area contributed by atoms with Crippen LogP contribution >= 0.6 is 0 Å². The maximum Gasteiger partial charge on any atom is 0.245 e. The van der Waals surface area contributed by atoms with Crippen LogP contribution in [0, 0.1) is 23.7 Å². The summed E-state index contributed by atoms with van der Waals surface area (Å²) >= 11 is 0. The highest BCUT2D eigenvalue weighted by Gasteiger charge is 2.39. The lowest BCUT2D eigenvalue weighted by Crippen LogP contribution is -2.62. The number of carbonyl (C=O) groups excluding carboxylic acids is 2. The molecule has 3 fully saturated rings. The highest BCUT2D eigenvalue weighted by Crippen LogP contribution is 2.29. The van der Waals surface area contributed by atoms with Crippen molar-refractivity contribution in [3.8, 4) is 0 Å². The summed E-state index contributed by atoms with van der Waals surface area (Å²) in [6.45, 7) is 14.3. The predicted octanol–water partition coefficient (Wildman–Crippen LogP) is 3.61. The summed E-state index contributed by atoms with van der Waals surface area (Å²) in [4.78, 5) is 33.4. The fraction of sp³-hybridized carbons (Fsp3) is 0.926. The van der Waals surface area contributed by atoms with Crippen LogP contribution in [-0.4, -0.2) is 84.9 Å². The molecule has 3 saturated heterocycles. The van der Waals surface area contributed by atoms with Crippen LogP contribution in [-0.2, 0) is 9.59 Å². The zero-order chi connectivity index (χ0) is 24.0. The van der Waals surface area contributed by atoms with Crippen LogP contribution in [0.3, 0.4) is 0 Å². The normalized spacial score (nSPS) is 26.9. The molecule has 190 valence electrons. The highest BCUT2D eigenvalue weighted by atomic mass is 16.2. The monoisotopic (exact) mass is 462 g/mol. The molecule has 6 heteroatoms. The second-order valence-electron chi connectivity index (χ2n) is 11.9. The number of hydrogen-bond acceptors (Lipinski definition) is 4. The molecule has 3 heterocycles. The Morgan fingerprint density at radius 1 is 0.970 bits per heavy atom. The topological polar surface area (TPSA) is 55.9 Å². The number of nitrogens with one attached hydrogen (secondary N) is 1. The van der Waals surface area contributed by atoms with Gasteiger partial charge in [-0.05, 0) is 82.2 Å². The standard InChI is InChI=1S/C27H50N4O2/c1-20(2)17-24-26(32)31(16-12-28-24)25(18-21(3)4)27(33)30-14-10-22(11-15-30)8-9-23-7-6-13-29(5)19-23/h20-25,28H,6-19H2,1-5H3/t23?,24-,25-/m0/s1. The van der Waals surface area contributed by atoms with Gasteiger partial charge in [0.1, 0.15) is 6.04 Å². The molecular weight excluding hydrogens is 412 g/mol. The number of nitrogens with zero attached hydrogens (tertiary/aromatic N) is 3. The molecule has 3 aliphatic heterocycles. The quantitative estimate of drug-likeness (QED) is 0.569. The molecule has 0 aliphatic carbocycles. The van der Waals surface area contributed by atoms with Crippen LogP contribution in [0.4, 0.5) is 0 Å². The lowest BCUT2D eigenvalue weighted by Gasteiger charge is -2.42. The van der Waals surface area contributed by atoms with Gasteiger partial charge in [-0.15, -0.1) is 0 Å². The van der Waals surface area contributed by atoms with Crippen molar-refractivity contribution in [3.63, 3.8) is 0 Å². The summed E-state index contributed by atoms with van der Waals surface area (Å²) in [7, 11) is 2.25.